The zero-order valence-electron chi connectivity index (χ0n) is 47.9. The van der Waals surface area contributed by atoms with Crippen molar-refractivity contribution in [2.24, 2.45) is 0 Å². The van der Waals surface area contributed by atoms with E-state index in [4.69, 9.17) is 18.2 Å². The van der Waals surface area contributed by atoms with E-state index in [9.17, 15) is 0 Å². The fourth-order valence-corrected chi connectivity index (χ4v) is 16.3. The summed E-state index contributed by atoms with van der Waals surface area (Å²) in [7, 11) is 0. The van der Waals surface area contributed by atoms with Crippen molar-refractivity contribution in [2.45, 2.75) is 194 Å². The van der Waals surface area contributed by atoms with Gasteiger partial charge < -0.3 is 14.0 Å². The maximum atomic E-state index is 7.05. The number of rotatable bonds is 28. The van der Waals surface area contributed by atoms with E-state index in [1.165, 1.54) is 162 Å². The highest BCUT2D eigenvalue weighted by molar-refractivity contribution is 7.19. The molecule has 0 atom stereocenters. The van der Waals surface area contributed by atoms with E-state index in [1.54, 1.807) is 28.0 Å². The minimum absolute atomic E-state index is 0.0489. The number of aryl methyl sites for hydroxylation is 1. The fraction of sp³-hybridized carbons (Fsp3) is 0.457. The number of aromatic nitrogens is 3. The molecule has 11 rings (SSSR count). The van der Waals surface area contributed by atoms with Crippen LogP contribution in [-0.2, 0) is 17.4 Å². The molecule has 4 heterocycles. The van der Waals surface area contributed by atoms with Gasteiger partial charge in [-0.2, -0.15) is 8.75 Å². The molecule has 0 fully saturated rings. The number of hydrogen-bond donors (Lipinski definition) is 0. The smallest absolute Gasteiger partial charge is 0.172 e. The van der Waals surface area contributed by atoms with Gasteiger partial charge in [-0.1, -0.05) is 174 Å². The molecule has 0 spiro atoms. The predicted molar refractivity (Wildman–Crippen MR) is 338 cm³/mol. The molecule has 0 amide bonds. The van der Waals surface area contributed by atoms with Crippen molar-refractivity contribution in [2.75, 3.05) is 13.2 Å². The van der Waals surface area contributed by atoms with Crippen LogP contribution < -0.4 is 9.47 Å². The summed E-state index contributed by atoms with van der Waals surface area (Å²) in [4.78, 5) is 3.54. The van der Waals surface area contributed by atoms with Crippen LogP contribution in [0.4, 0.5) is 0 Å². The summed E-state index contributed by atoms with van der Waals surface area (Å²) >= 11 is 4.88. The number of benzene rings is 5. The fourth-order valence-electron chi connectivity index (χ4n) is 13.9. The maximum Gasteiger partial charge on any atom is 0.172 e. The van der Waals surface area contributed by atoms with Gasteiger partial charge in [0.25, 0.3) is 0 Å². The Labute approximate surface area is 478 Å². The average Bonchev–Trinajstić information content (AvgIpc) is 4.55. The SMILES string of the molecule is CCCCCCOc1c(OCCCCCC)c(-c2ccc(-c3ccc4c(c3)C(CCCC)(CCCC)c3cc5c6cc7c(cc6n(CC)c5cc3-4)-c3ccccc3C7(CCCC)CCCC)s2)c2nsnc2c1-c1cccs1. The molecule has 5 aromatic carbocycles. The molecule has 2 aliphatic rings. The molecule has 0 saturated heterocycles. The van der Waals surface area contributed by atoms with Gasteiger partial charge in [0, 0.05) is 53.8 Å². The third-order valence-corrected chi connectivity index (χ3v) is 20.5. The Hall–Kier alpha value is -5.28. The summed E-state index contributed by atoms with van der Waals surface area (Å²) in [6, 6.07) is 36.6. The van der Waals surface area contributed by atoms with Gasteiger partial charge in [0.15, 0.2) is 11.5 Å². The Bertz CT molecular complexity index is 3500. The van der Waals surface area contributed by atoms with Gasteiger partial charge in [0.1, 0.15) is 11.0 Å². The first-order chi connectivity index (χ1) is 38.4. The van der Waals surface area contributed by atoms with Crippen molar-refractivity contribution in [1.82, 2.24) is 13.3 Å². The normalized spacial score (nSPS) is 13.9. The van der Waals surface area contributed by atoms with Crippen LogP contribution in [0.2, 0.25) is 0 Å². The number of fused-ring (bicyclic) bond motifs is 10. The molecule has 408 valence electrons. The van der Waals surface area contributed by atoms with Crippen LogP contribution in [0, 0.1) is 0 Å². The summed E-state index contributed by atoms with van der Waals surface area (Å²) in [5.41, 5.74) is 19.8. The van der Waals surface area contributed by atoms with Crippen molar-refractivity contribution >= 4 is 67.2 Å². The van der Waals surface area contributed by atoms with E-state index < -0.39 is 0 Å². The Morgan fingerprint density at radius 3 is 1.50 bits per heavy atom. The van der Waals surface area contributed by atoms with Crippen LogP contribution in [0.25, 0.3) is 86.4 Å². The molecule has 4 aromatic heterocycles. The van der Waals surface area contributed by atoms with Gasteiger partial charge in [0.05, 0.1) is 36.1 Å². The molecule has 9 aromatic rings. The highest BCUT2D eigenvalue weighted by atomic mass is 32.1. The summed E-state index contributed by atoms with van der Waals surface area (Å²) in [6.07, 6.45) is 23.4. The summed E-state index contributed by atoms with van der Waals surface area (Å²) in [5, 5.41) is 5.01. The quantitative estimate of drug-likeness (QED) is 0.0459. The third-order valence-electron chi connectivity index (χ3n) is 17.9. The van der Waals surface area contributed by atoms with Gasteiger partial charge in [-0.25, -0.2) is 0 Å². The second kappa shape index (κ2) is 24.2. The van der Waals surface area contributed by atoms with Gasteiger partial charge in [-0.3, -0.25) is 0 Å². The van der Waals surface area contributed by atoms with Gasteiger partial charge >= 0.3 is 0 Å². The molecule has 78 heavy (non-hydrogen) atoms. The minimum atomic E-state index is -0.0845. The molecule has 0 aliphatic heterocycles. The zero-order valence-corrected chi connectivity index (χ0v) is 50.3. The second-order valence-electron chi connectivity index (χ2n) is 22.8. The lowest BCUT2D eigenvalue weighted by atomic mass is 9.70. The van der Waals surface area contributed by atoms with E-state index in [2.05, 4.69) is 149 Å². The lowest BCUT2D eigenvalue weighted by Gasteiger charge is -2.33. The van der Waals surface area contributed by atoms with Crippen LogP contribution in [-0.4, -0.2) is 26.5 Å². The number of nitrogens with zero attached hydrogens (tertiary/aromatic N) is 3. The standard InChI is InChI=1S/C70H83N3O2S3/c1-8-15-21-25-39-74-67-63(61-30-27-41-76-61)65-66(72-78-71-65)64(68(67)75-40-26-22-16-9-2)62-34-33-60(77-62)47-31-32-49-51-46-59-53(44-57(51)70(37-19-12-5,38-20-13-6)55(49)42-47)52-43-56-50(45-58(52)73(59)14-7)48-28-23-24-29-54(48)69(56,35-17-10-3)36-18-11-4/h23-24,27-34,41-46H,8-22,25-26,35-40H2,1-7H3. The van der Waals surface area contributed by atoms with E-state index >= 15 is 0 Å². The lowest BCUT2D eigenvalue weighted by Crippen LogP contribution is -2.25. The highest BCUT2D eigenvalue weighted by Crippen LogP contribution is 2.60. The highest BCUT2D eigenvalue weighted by Gasteiger charge is 2.45. The van der Waals surface area contributed by atoms with E-state index in [1.807, 2.05) is 11.3 Å². The number of thiophene rings is 2. The Morgan fingerprint density at radius 2 is 0.962 bits per heavy atom. The van der Waals surface area contributed by atoms with E-state index in [-0.39, 0.29) is 10.8 Å². The molecular formula is C70H83N3O2S3. The van der Waals surface area contributed by atoms with Crippen LogP contribution in [0.1, 0.15) is 199 Å². The Kier molecular flexibility index (Phi) is 17.0. The third kappa shape index (κ3) is 9.65. The molecule has 8 heteroatoms. The Morgan fingerprint density at radius 1 is 0.449 bits per heavy atom. The molecule has 0 radical (unpaired) electrons. The van der Waals surface area contributed by atoms with E-state index in [0.29, 0.717) is 13.2 Å². The molecule has 0 bridgehead atoms. The van der Waals surface area contributed by atoms with Gasteiger partial charge in [-0.15, -0.1) is 22.7 Å². The van der Waals surface area contributed by atoms with Gasteiger partial charge in [0.2, 0.25) is 0 Å². The van der Waals surface area contributed by atoms with Crippen LogP contribution in [0.15, 0.2) is 96.4 Å². The van der Waals surface area contributed by atoms with Crippen LogP contribution >= 0.6 is 34.4 Å². The second-order valence-corrected chi connectivity index (χ2v) is 25.3. The zero-order chi connectivity index (χ0) is 53.8. The summed E-state index contributed by atoms with van der Waals surface area (Å²) in [5.74, 6) is 1.64. The molecule has 0 unspecified atom stereocenters. The van der Waals surface area contributed by atoms with Crippen molar-refractivity contribution in [3.8, 4) is 65.1 Å². The molecule has 0 saturated carbocycles. The lowest BCUT2D eigenvalue weighted by molar-refractivity contribution is 0.261. The van der Waals surface area contributed by atoms with E-state index in [0.717, 1.165) is 88.5 Å². The Balaban J connectivity index is 1.05. The van der Waals surface area contributed by atoms with Crippen molar-refractivity contribution in [3.05, 3.63) is 119 Å². The summed E-state index contributed by atoms with van der Waals surface area (Å²) < 4.78 is 26.8. The molecular weight excluding hydrogens is 1010 g/mol. The first-order valence-electron chi connectivity index (χ1n) is 30.5. The van der Waals surface area contributed by atoms with Crippen molar-refractivity contribution in [3.63, 3.8) is 0 Å². The monoisotopic (exact) mass is 1090 g/mol. The number of ether oxygens (including phenoxy) is 2. The molecule has 0 N–H and O–H groups in total. The average molecular weight is 1090 g/mol. The van der Waals surface area contributed by atoms with Crippen LogP contribution in [0.3, 0.4) is 0 Å². The van der Waals surface area contributed by atoms with Crippen LogP contribution in [0.5, 0.6) is 11.5 Å². The first-order valence-corrected chi connectivity index (χ1v) is 32.9. The first kappa shape index (κ1) is 54.7. The minimum Gasteiger partial charge on any atom is -0.489 e. The van der Waals surface area contributed by atoms with Crippen molar-refractivity contribution in [1.29, 1.82) is 0 Å². The topological polar surface area (TPSA) is 49.2 Å². The maximum absolute atomic E-state index is 7.05. The van der Waals surface area contributed by atoms with Crippen molar-refractivity contribution < 1.29 is 9.47 Å². The predicted octanol–water partition coefficient (Wildman–Crippen LogP) is 22.2. The molecule has 2 aliphatic carbocycles. The molecule has 5 nitrogen and oxygen atoms in total. The van der Waals surface area contributed by atoms with Gasteiger partial charge in [-0.05, 0) is 149 Å². The number of hydrogen-bond acceptors (Lipinski definition) is 7. The summed E-state index contributed by atoms with van der Waals surface area (Å²) in [6.45, 7) is 18.6. The number of unbranched alkanes of at least 4 members (excludes halogenated alkanes) is 10. The largest absolute Gasteiger partial charge is 0.489 e.